The minimum atomic E-state index is -0.348. The molecule has 18 heavy (non-hydrogen) atoms. The van der Waals surface area contributed by atoms with Crippen molar-refractivity contribution < 1.29 is 9.59 Å². The van der Waals surface area contributed by atoms with Crippen molar-refractivity contribution in [2.45, 2.75) is 13.8 Å². The Labute approximate surface area is 110 Å². The third-order valence-electron chi connectivity index (χ3n) is 2.03. The number of benzene rings is 1. The molecule has 0 atom stereocenters. The van der Waals surface area contributed by atoms with Gasteiger partial charge in [-0.25, -0.2) is 5.43 Å². The SMILES string of the molecule is CC(=O)NC/C(C)=N\NC(=O)c1cccc(Cl)c1. The molecule has 1 rings (SSSR count). The fraction of sp³-hybridized carbons (Fsp3) is 0.250. The van der Waals surface area contributed by atoms with Crippen molar-refractivity contribution in [2.24, 2.45) is 5.10 Å². The molecular formula is C12H14ClN3O2. The van der Waals surface area contributed by atoms with Gasteiger partial charge >= 0.3 is 0 Å². The number of rotatable bonds is 4. The third-order valence-corrected chi connectivity index (χ3v) is 2.26. The maximum atomic E-state index is 11.7. The Morgan fingerprint density at radius 1 is 1.33 bits per heavy atom. The van der Waals surface area contributed by atoms with Crippen molar-refractivity contribution in [1.29, 1.82) is 0 Å². The summed E-state index contributed by atoms with van der Waals surface area (Å²) >= 11 is 5.77. The van der Waals surface area contributed by atoms with E-state index in [-0.39, 0.29) is 11.8 Å². The Morgan fingerprint density at radius 3 is 2.67 bits per heavy atom. The summed E-state index contributed by atoms with van der Waals surface area (Å²) in [4.78, 5) is 22.4. The van der Waals surface area contributed by atoms with E-state index in [2.05, 4.69) is 15.8 Å². The number of carbonyl (C=O) groups excluding carboxylic acids is 2. The smallest absolute Gasteiger partial charge is 0.271 e. The predicted molar refractivity (Wildman–Crippen MR) is 70.7 cm³/mol. The van der Waals surface area contributed by atoms with Crippen LogP contribution in [0.4, 0.5) is 0 Å². The van der Waals surface area contributed by atoms with Gasteiger partial charge in [0.15, 0.2) is 0 Å². The number of amides is 2. The molecule has 2 N–H and O–H groups in total. The molecule has 0 spiro atoms. The van der Waals surface area contributed by atoms with E-state index in [1.54, 1.807) is 31.2 Å². The first kappa shape index (κ1) is 14.2. The number of hydrogen-bond donors (Lipinski definition) is 2. The molecule has 6 heteroatoms. The van der Waals surface area contributed by atoms with Gasteiger partial charge in [0.25, 0.3) is 5.91 Å². The minimum absolute atomic E-state index is 0.147. The average molecular weight is 268 g/mol. The number of nitrogens with zero attached hydrogens (tertiary/aromatic N) is 1. The molecule has 0 fully saturated rings. The van der Waals surface area contributed by atoms with Crippen LogP contribution in [-0.4, -0.2) is 24.1 Å². The van der Waals surface area contributed by atoms with Crippen LogP contribution in [0.1, 0.15) is 24.2 Å². The van der Waals surface area contributed by atoms with Crippen LogP contribution in [0.25, 0.3) is 0 Å². The molecule has 1 aromatic carbocycles. The number of hydrazone groups is 1. The molecule has 0 saturated heterocycles. The quantitative estimate of drug-likeness (QED) is 0.642. The van der Waals surface area contributed by atoms with Gasteiger partial charge in [0.05, 0.1) is 12.3 Å². The Balaban J connectivity index is 2.55. The zero-order chi connectivity index (χ0) is 13.5. The molecule has 5 nitrogen and oxygen atoms in total. The van der Waals surface area contributed by atoms with Gasteiger partial charge in [0, 0.05) is 17.5 Å². The van der Waals surface area contributed by atoms with Crippen LogP contribution in [0.15, 0.2) is 29.4 Å². The number of halogens is 1. The highest BCUT2D eigenvalue weighted by Gasteiger charge is 2.04. The van der Waals surface area contributed by atoms with Crippen molar-refractivity contribution >= 4 is 29.1 Å². The highest BCUT2D eigenvalue weighted by atomic mass is 35.5. The maximum absolute atomic E-state index is 11.7. The summed E-state index contributed by atoms with van der Waals surface area (Å²) in [6.07, 6.45) is 0. The molecule has 0 aliphatic heterocycles. The van der Waals surface area contributed by atoms with E-state index >= 15 is 0 Å². The van der Waals surface area contributed by atoms with Crippen molar-refractivity contribution in [3.63, 3.8) is 0 Å². The van der Waals surface area contributed by atoms with E-state index in [4.69, 9.17) is 11.6 Å². The average Bonchev–Trinajstić information content (AvgIpc) is 2.33. The monoisotopic (exact) mass is 267 g/mol. The lowest BCUT2D eigenvalue weighted by atomic mass is 10.2. The molecule has 1 aromatic rings. The number of hydrogen-bond acceptors (Lipinski definition) is 3. The lowest BCUT2D eigenvalue weighted by Gasteiger charge is -2.03. The highest BCUT2D eigenvalue weighted by molar-refractivity contribution is 6.30. The summed E-state index contributed by atoms with van der Waals surface area (Å²) in [6.45, 7) is 3.41. The van der Waals surface area contributed by atoms with Gasteiger partial charge in [-0.1, -0.05) is 17.7 Å². The Hall–Kier alpha value is -1.88. The second-order valence-corrected chi connectivity index (χ2v) is 4.14. The van der Waals surface area contributed by atoms with Crippen molar-refractivity contribution in [1.82, 2.24) is 10.7 Å². The molecule has 96 valence electrons. The van der Waals surface area contributed by atoms with E-state index in [0.29, 0.717) is 22.8 Å². The van der Waals surface area contributed by atoms with Crippen LogP contribution in [0.5, 0.6) is 0 Å². The van der Waals surface area contributed by atoms with E-state index in [1.807, 2.05) is 0 Å². The van der Waals surface area contributed by atoms with Crippen LogP contribution in [-0.2, 0) is 4.79 Å². The standard InChI is InChI=1S/C12H14ClN3O2/c1-8(7-14-9(2)17)15-16-12(18)10-4-3-5-11(13)6-10/h3-6H,7H2,1-2H3,(H,14,17)(H,16,18)/b15-8-. The first-order chi connectivity index (χ1) is 8.49. The molecule has 0 unspecified atom stereocenters. The molecule has 0 radical (unpaired) electrons. The van der Waals surface area contributed by atoms with Gasteiger partial charge in [0.2, 0.25) is 5.91 Å². The molecule has 0 aromatic heterocycles. The minimum Gasteiger partial charge on any atom is -0.351 e. The summed E-state index contributed by atoms with van der Waals surface area (Å²) in [5, 5.41) is 6.92. The third kappa shape index (κ3) is 4.97. The molecule has 0 aliphatic carbocycles. The van der Waals surface area contributed by atoms with Gasteiger partial charge in [-0.2, -0.15) is 5.10 Å². The topological polar surface area (TPSA) is 70.6 Å². The van der Waals surface area contributed by atoms with Crippen LogP contribution in [0.3, 0.4) is 0 Å². The number of carbonyl (C=O) groups is 2. The molecule has 2 amide bonds. The largest absolute Gasteiger partial charge is 0.351 e. The maximum Gasteiger partial charge on any atom is 0.271 e. The zero-order valence-electron chi connectivity index (χ0n) is 10.2. The number of nitrogens with one attached hydrogen (secondary N) is 2. The second-order valence-electron chi connectivity index (χ2n) is 3.71. The first-order valence-corrected chi connectivity index (χ1v) is 5.70. The zero-order valence-corrected chi connectivity index (χ0v) is 10.9. The molecule has 0 heterocycles. The van der Waals surface area contributed by atoms with Crippen LogP contribution in [0, 0.1) is 0 Å². The summed E-state index contributed by atoms with van der Waals surface area (Å²) in [6, 6.07) is 6.56. The molecule has 0 bridgehead atoms. The van der Waals surface area contributed by atoms with E-state index in [9.17, 15) is 9.59 Å². The molecule has 0 saturated carbocycles. The van der Waals surface area contributed by atoms with Gasteiger partial charge in [0.1, 0.15) is 0 Å². The van der Waals surface area contributed by atoms with E-state index in [1.165, 1.54) is 6.92 Å². The van der Waals surface area contributed by atoms with E-state index in [0.717, 1.165) is 0 Å². The van der Waals surface area contributed by atoms with Crippen molar-refractivity contribution in [3.05, 3.63) is 34.9 Å². The van der Waals surface area contributed by atoms with Crippen molar-refractivity contribution in [2.75, 3.05) is 6.54 Å². The van der Waals surface area contributed by atoms with Gasteiger partial charge in [-0.15, -0.1) is 0 Å². The van der Waals surface area contributed by atoms with E-state index < -0.39 is 0 Å². The van der Waals surface area contributed by atoms with Gasteiger partial charge in [-0.3, -0.25) is 9.59 Å². The van der Waals surface area contributed by atoms with Crippen LogP contribution < -0.4 is 10.7 Å². The summed E-state index contributed by atoms with van der Waals surface area (Å²) < 4.78 is 0. The van der Waals surface area contributed by atoms with Crippen LogP contribution >= 0.6 is 11.6 Å². The van der Waals surface area contributed by atoms with Gasteiger partial charge < -0.3 is 5.32 Å². The molecule has 0 aliphatic rings. The van der Waals surface area contributed by atoms with Gasteiger partial charge in [-0.05, 0) is 25.1 Å². The lowest BCUT2D eigenvalue weighted by Crippen LogP contribution is -2.28. The predicted octanol–water partition coefficient (Wildman–Crippen LogP) is 1.58. The van der Waals surface area contributed by atoms with Crippen molar-refractivity contribution in [3.8, 4) is 0 Å². The molecular weight excluding hydrogens is 254 g/mol. The Kier molecular flexibility index (Phi) is 5.32. The fourth-order valence-corrected chi connectivity index (χ4v) is 1.32. The highest BCUT2D eigenvalue weighted by Crippen LogP contribution is 2.10. The summed E-state index contributed by atoms with van der Waals surface area (Å²) in [5.74, 6) is -0.495. The second kappa shape index (κ2) is 6.76. The Morgan fingerprint density at radius 2 is 2.06 bits per heavy atom. The normalized spacial score (nSPS) is 10.9. The summed E-state index contributed by atoms with van der Waals surface area (Å²) in [7, 11) is 0. The van der Waals surface area contributed by atoms with Crippen LogP contribution in [0.2, 0.25) is 5.02 Å². The summed E-state index contributed by atoms with van der Waals surface area (Å²) in [5.41, 5.74) is 3.42. The Bertz CT molecular complexity index is 486. The first-order valence-electron chi connectivity index (χ1n) is 5.32. The lowest BCUT2D eigenvalue weighted by molar-refractivity contribution is -0.118. The fourth-order valence-electron chi connectivity index (χ4n) is 1.13.